The van der Waals surface area contributed by atoms with Crippen molar-refractivity contribution in [3.63, 3.8) is 0 Å². The molecule has 6 heteroatoms. The van der Waals surface area contributed by atoms with E-state index >= 15 is 0 Å². The smallest absolute Gasteiger partial charge is 0.305 e. The minimum absolute atomic E-state index is 0.00755. The van der Waals surface area contributed by atoms with Crippen molar-refractivity contribution in [2.75, 3.05) is 13.2 Å². The highest BCUT2D eigenvalue weighted by atomic mass is 16.5. The van der Waals surface area contributed by atoms with Gasteiger partial charge >= 0.3 is 5.97 Å². The highest BCUT2D eigenvalue weighted by molar-refractivity contribution is 5.76. The maximum absolute atomic E-state index is 12.4. The van der Waals surface area contributed by atoms with Crippen molar-refractivity contribution in [3.05, 3.63) is 36.5 Å². The van der Waals surface area contributed by atoms with Crippen LogP contribution in [0.15, 0.2) is 36.5 Å². The number of ether oxygens (including phenoxy) is 1. The van der Waals surface area contributed by atoms with Gasteiger partial charge in [0.2, 0.25) is 5.91 Å². The van der Waals surface area contributed by atoms with E-state index in [9.17, 15) is 19.8 Å². The van der Waals surface area contributed by atoms with E-state index in [1.165, 1.54) is 199 Å². The number of aliphatic hydroxyl groups is 2. The summed E-state index contributed by atoms with van der Waals surface area (Å²) in [5.41, 5.74) is 0. The minimum atomic E-state index is -0.851. The van der Waals surface area contributed by atoms with Crippen LogP contribution in [0.2, 0.25) is 0 Å². The molecule has 0 radical (unpaired) electrons. The molecule has 0 fully saturated rings. The molecule has 370 valence electrons. The number of aliphatic hydroxyl groups excluding tert-OH is 2. The lowest BCUT2D eigenvalue weighted by Gasteiger charge is -2.20. The first-order valence-electron chi connectivity index (χ1n) is 27.8. The number of nitrogens with one attached hydrogen (secondary N) is 1. The first kappa shape index (κ1) is 61.1. The highest BCUT2D eigenvalue weighted by Crippen LogP contribution is 2.16. The van der Waals surface area contributed by atoms with Gasteiger partial charge in [-0.2, -0.15) is 0 Å². The monoisotopic (exact) mass is 886 g/mol. The van der Waals surface area contributed by atoms with E-state index in [0.717, 1.165) is 64.2 Å². The van der Waals surface area contributed by atoms with Crippen molar-refractivity contribution in [3.8, 4) is 0 Å². The number of rotatable bonds is 51. The summed E-state index contributed by atoms with van der Waals surface area (Å²) in [5.74, 6) is -0.0866. The van der Waals surface area contributed by atoms with Crippen LogP contribution in [0.3, 0.4) is 0 Å². The van der Waals surface area contributed by atoms with Gasteiger partial charge in [-0.1, -0.05) is 249 Å². The molecule has 0 aromatic heterocycles. The summed E-state index contributed by atoms with van der Waals surface area (Å²) >= 11 is 0. The second-order valence-electron chi connectivity index (χ2n) is 18.9. The van der Waals surface area contributed by atoms with Gasteiger partial charge < -0.3 is 20.3 Å². The Hall–Kier alpha value is -1.92. The van der Waals surface area contributed by atoms with Gasteiger partial charge in [0.1, 0.15) is 0 Å². The van der Waals surface area contributed by atoms with E-state index in [2.05, 4.69) is 43.5 Å². The predicted molar refractivity (Wildman–Crippen MR) is 273 cm³/mol. The summed E-state index contributed by atoms with van der Waals surface area (Å²) in [6, 6.07) is -0.635. The fourth-order valence-corrected chi connectivity index (χ4v) is 8.37. The maximum Gasteiger partial charge on any atom is 0.305 e. The zero-order valence-electron chi connectivity index (χ0n) is 42.1. The van der Waals surface area contributed by atoms with Gasteiger partial charge in [-0.05, 0) is 64.2 Å². The molecule has 63 heavy (non-hydrogen) atoms. The average molecular weight is 886 g/mol. The highest BCUT2D eigenvalue weighted by Gasteiger charge is 2.18. The molecule has 0 aliphatic rings. The maximum atomic E-state index is 12.4. The molecule has 0 heterocycles. The molecule has 0 rings (SSSR count). The van der Waals surface area contributed by atoms with Crippen molar-refractivity contribution in [2.45, 2.75) is 302 Å². The second-order valence-corrected chi connectivity index (χ2v) is 18.9. The third-order valence-electron chi connectivity index (χ3n) is 12.7. The van der Waals surface area contributed by atoms with E-state index in [1.54, 1.807) is 6.08 Å². The van der Waals surface area contributed by atoms with E-state index in [1.807, 2.05) is 6.08 Å². The molecular formula is C57H107NO5. The quantitative estimate of drug-likeness (QED) is 0.0321. The Morgan fingerprint density at radius 1 is 0.444 bits per heavy atom. The number of carbonyl (C=O) groups is 2. The Morgan fingerprint density at radius 3 is 1.24 bits per heavy atom. The number of carbonyl (C=O) groups excluding carboxylic acids is 2. The number of allylic oxidation sites excluding steroid dienone is 5. The van der Waals surface area contributed by atoms with Gasteiger partial charge in [-0.25, -0.2) is 0 Å². The summed E-state index contributed by atoms with van der Waals surface area (Å²) in [6.45, 7) is 4.85. The topological polar surface area (TPSA) is 95.9 Å². The van der Waals surface area contributed by atoms with Crippen molar-refractivity contribution in [1.82, 2.24) is 5.32 Å². The Bertz CT molecular complexity index is 1020. The molecule has 1 amide bonds. The minimum Gasteiger partial charge on any atom is -0.466 e. The Morgan fingerprint density at radius 2 is 0.794 bits per heavy atom. The van der Waals surface area contributed by atoms with Crippen LogP contribution in [0.5, 0.6) is 0 Å². The SMILES string of the molecule is CCCCC/C=C\C/C=C\CCCCCCCCCCCC(=O)OCCCCCCCCCCCCCCCCC(=O)NC(CO)C(O)/C=C/CCCCCCCCCCCCC. The van der Waals surface area contributed by atoms with Crippen LogP contribution in [-0.4, -0.2) is 47.4 Å². The molecule has 0 aliphatic carbocycles. The lowest BCUT2D eigenvalue weighted by molar-refractivity contribution is -0.143. The van der Waals surface area contributed by atoms with Crippen LogP contribution in [0.25, 0.3) is 0 Å². The van der Waals surface area contributed by atoms with Gasteiger partial charge in [-0.15, -0.1) is 0 Å². The van der Waals surface area contributed by atoms with E-state index in [4.69, 9.17) is 4.74 Å². The largest absolute Gasteiger partial charge is 0.466 e. The molecule has 6 nitrogen and oxygen atoms in total. The lowest BCUT2D eigenvalue weighted by atomic mass is 10.0. The van der Waals surface area contributed by atoms with Crippen LogP contribution < -0.4 is 5.32 Å². The third kappa shape index (κ3) is 49.4. The predicted octanol–water partition coefficient (Wildman–Crippen LogP) is 16.9. The average Bonchev–Trinajstić information content (AvgIpc) is 3.28. The zero-order valence-corrected chi connectivity index (χ0v) is 42.1. The lowest BCUT2D eigenvalue weighted by Crippen LogP contribution is -2.45. The molecule has 0 saturated heterocycles. The van der Waals surface area contributed by atoms with Crippen molar-refractivity contribution in [1.29, 1.82) is 0 Å². The van der Waals surface area contributed by atoms with Gasteiger partial charge in [0.25, 0.3) is 0 Å². The molecule has 0 bridgehead atoms. The van der Waals surface area contributed by atoms with Crippen LogP contribution in [0.4, 0.5) is 0 Å². The number of unbranched alkanes of at least 4 members (excludes halogenated alkanes) is 36. The molecule has 2 atom stereocenters. The Labute approximate surface area is 392 Å². The van der Waals surface area contributed by atoms with Crippen LogP contribution in [-0.2, 0) is 14.3 Å². The van der Waals surface area contributed by atoms with E-state index < -0.39 is 12.1 Å². The fourth-order valence-electron chi connectivity index (χ4n) is 8.37. The summed E-state index contributed by atoms with van der Waals surface area (Å²) in [4.78, 5) is 24.5. The number of esters is 1. The molecule has 2 unspecified atom stereocenters. The molecule has 0 aromatic carbocycles. The van der Waals surface area contributed by atoms with Gasteiger partial charge in [-0.3, -0.25) is 9.59 Å². The van der Waals surface area contributed by atoms with E-state index in [0.29, 0.717) is 19.4 Å². The number of hydrogen-bond donors (Lipinski definition) is 3. The first-order chi connectivity index (χ1) is 31.0. The summed E-state index contributed by atoms with van der Waals surface area (Å²) in [5, 5.41) is 23.0. The van der Waals surface area contributed by atoms with Crippen LogP contribution in [0, 0.1) is 0 Å². The van der Waals surface area contributed by atoms with Gasteiger partial charge in [0.15, 0.2) is 0 Å². The molecule has 0 aliphatic heterocycles. The normalized spacial score (nSPS) is 12.9. The Kier molecular flexibility index (Phi) is 51.1. The van der Waals surface area contributed by atoms with Crippen LogP contribution in [0.1, 0.15) is 290 Å². The molecule has 3 N–H and O–H groups in total. The van der Waals surface area contributed by atoms with Crippen molar-refractivity contribution >= 4 is 11.9 Å². The number of amides is 1. The van der Waals surface area contributed by atoms with Crippen LogP contribution >= 0.6 is 0 Å². The summed E-state index contributed by atoms with van der Waals surface area (Å²) in [6.07, 6.45) is 64.3. The molecular weight excluding hydrogens is 779 g/mol. The number of hydrogen-bond acceptors (Lipinski definition) is 5. The second kappa shape index (κ2) is 52.7. The van der Waals surface area contributed by atoms with E-state index in [-0.39, 0.29) is 18.5 Å². The standard InChI is InChI=1S/C57H107NO5/c1-3-5-7-9-11-13-15-17-18-19-20-21-22-27-31-35-39-43-47-51-57(62)63-52-48-44-40-36-32-28-24-23-26-30-34-38-42-46-50-56(61)58-54(53-59)55(60)49-45-41-37-33-29-25-16-14-12-10-8-6-4-2/h11,13,17-18,45,49,54-55,59-60H,3-10,12,14-16,19-44,46-48,50-53H2,1-2H3,(H,58,61)/b13-11-,18-17-,49-45+. The third-order valence-corrected chi connectivity index (χ3v) is 12.7. The first-order valence-corrected chi connectivity index (χ1v) is 27.8. The molecule has 0 spiro atoms. The van der Waals surface area contributed by atoms with Gasteiger partial charge in [0.05, 0.1) is 25.4 Å². The van der Waals surface area contributed by atoms with Crippen molar-refractivity contribution < 1.29 is 24.5 Å². The molecule has 0 aromatic rings. The summed E-state index contributed by atoms with van der Waals surface area (Å²) in [7, 11) is 0. The molecule has 0 saturated carbocycles. The summed E-state index contributed by atoms with van der Waals surface area (Å²) < 4.78 is 5.48. The Balaban J connectivity index is 3.45. The fraction of sp³-hybridized carbons (Fsp3) is 0.860. The zero-order chi connectivity index (χ0) is 45.8. The van der Waals surface area contributed by atoms with Crippen molar-refractivity contribution in [2.24, 2.45) is 0 Å². The van der Waals surface area contributed by atoms with Gasteiger partial charge in [0, 0.05) is 12.8 Å².